The molecule has 44 heavy (non-hydrogen) atoms. The van der Waals surface area contributed by atoms with Crippen LogP contribution in [0.5, 0.6) is 0 Å². The van der Waals surface area contributed by atoms with Gasteiger partial charge < -0.3 is 4.90 Å². The van der Waals surface area contributed by atoms with Crippen molar-refractivity contribution in [1.82, 2.24) is 14.5 Å². The van der Waals surface area contributed by atoms with E-state index in [-0.39, 0.29) is 17.5 Å². The summed E-state index contributed by atoms with van der Waals surface area (Å²) >= 11 is 0. The van der Waals surface area contributed by atoms with Gasteiger partial charge in [-0.1, -0.05) is 133 Å². The molecule has 0 radical (unpaired) electrons. The molecule has 0 aliphatic carbocycles. The highest BCUT2D eigenvalue weighted by atomic mass is 16.2. The summed E-state index contributed by atoms with van der Waals surface area (Å²) in [6, 6.07) is 25.3. The number of nitrogens with zero attached hydrogens (tertiary/aromatic N) is 3. The van der Waals surface area contributed by atoms with Crippen molar-refractivity contribution in [2.24, 2.45) is 0 Å². The number of amides is 1. The second kappa shape index (κ2) is 17.5. The molecule has 0 spiro atoms. The fourth-order valence-electron chi connectivity index (χ4n) is 6.17. The van der Waals surface area contributed by atoms with E-state index in [0.29, 0.717) is 36.1 Å². The van der Waals surface area contributed by atoms with E-state index < -0.39 is 0 Å². The molecule has 4 aromatic rings. The van der Waals surface area contributed by atoms with Crippen molar-refractivity contribution in [3.63, 3.8) is 0 Å². The molecule has 0 saturated carbocycles. The van der Waals surface area contributed by atoms with Gasteiger partial charge in [-0.15, -0.1) is 0 Å². The van der Waals surface area contributed by atoms with E-state index in [0.717, 1.165) is 29.7 Å². The Hall–Kier alpha value is -3.73. The molecule has 5 nitrogen and oxygen atoms in total. The van der Waals surface area contributed by atoms with Crippen molar-refractivity contribution in [3.05, 3.63) is 106 Å². The molecule has 1 unspecified atom stereocenters. The summed E-state index contributed by atoms with van der Waals surface area (Å²) < 4.78 is 1.73. The Morgan fingerprint density at radius 3 is 2.07 bits per heavy atom. The first-order chi connectivity index (χ1) is 21.5. The lowest BCUT2D eigenvalue weighted by Crippen LogP contribution is -2.38. The molecular formula is C39H51N3O2. The second-order valence-corrected chi connectivity index (χ2v) is 12.2. The molecular weight excluding hydrogens is 542 g/mol. The molecule has 0 N–H and O–H groups in total. The largest absolute Gasteiger partial charge is 0.328 e. The number of aromatic nitrogens is 2. The van der Waals surface area contributed by atoms with Crippen molar-refractivity contribution < 1.29 is 4.79 Å². The standard InChI is InChI=1S/C39H51N3O2/c1-4-6-7-8-9-10-11-12-13-14-18-28-37(43)41(30-32-23-16-15-17-24-32)36(5-2)38-40-35-27-20-19-26-34(35)39(44)42(38)33-25-21-22-31(3)29-33/h15-17,19-27,29,36H,4-14,18,28,30H2,1-3H3. The van der Waals surface area contributed by atoms with Crippen LogP contribution in [-0.2, 0) is 11.3 Å². The number of fused-ring (bicyclic) bond motifs is 1. The minimum Gasteiger partial charge on any atom is -0.328 e. The Morgan fingerprint density at radius 1 is 0.773 bits per heavy atom. The van der Waals surface area contributed by atoms with Crippen LogP contribution in [0.15, 0.2) is 83.7 Å². The maximum atomic E-state index is 14.0. The quantitative estimate of drug-likeness (QED) is 0.108. The fraction of sp³-hybridized carbons (Fsp3) is 0.462. The number of benzene rings is 3. The van der Waals surface area contributed by atoms with Crippen LogP contribution in [0.1, 0.15) is 120 Å². The van der Waals surface area contributed by atoms with E-state index in [9.17, 15) is 9.59 Å². The van der Waals surface area contributed by atoms with Gasteiger partial charge in [0.25, 0.3) is 5.56 Å². The van der Waals surface area contributed by atoms with Gasteiger partial charge in [-0.25, -0.2) is 4.98 Å². The number of para-hydroxylation sites is 1. The number of carbonyl (C=O) groups excluding carboxylic acids is 1. The van der Waals surface area contributed by atoms with Gasteiger partial charge in [-0.05, 0) is 55.2 Å². The van der Waals surface area contributed by atoms with E-state index in [4.69, 9.17) is 4.98 Å². The van der Waals surface area contributed by atoms with E-state index >= 15 is 0 Å². The zero-order valence-electron chi connectivity index (χ0n) is 27.1. The summed E-state index contributed by atoms with van der Waals surface area (Å²) in [5.41, 5.74) is 3.47. The number of rotatable bonds is 18. The lowest BCUT2D eigenvalue weighted by molar-refractivity contribution is -0.135. The molecule has 1 atom stereocenters. The number of hydrogen-bond acceptors (Lipinski definition) is 3. The Labute approximate surface area is 264 Å². The van der Waals surface area contributed by atoms with Gasteiger partial charge in [0, 0.05) is 13.0 Å². The summed E-state index contributed by atoms with van der Waals surface area (Å²) in [6.45, 7) is 6.85. The summed E-state index contributed by atoms with van der Waals surface area (Å²) in [6.07, 6.45) is 14.9. The molecule has 0 saturated heterocycles. The first-order valence-corrected chi connectivity index (χ1v) is 17.0. The molecule has 0 aliphatic rings. The van der Waals surface area contributed by atoms with E-state index in [1.807, 2.05) is 78.6 Å². The van der Waals surface area contributed by atoms with Crippen LogP contribution >= 0.6 is 0 Å². The molecule has 0 fully saturated rings. The summed E-state index contributed by atoms with van der Waals surface area (Å²) in [5, 5.41) is 0.578. The zero-order valence-corrected chi connectivity index (χ0v) is 27.1. The lowest BCUT2D eigenvalue weighted by Gasteiger charge is -2.33. The second-order valence-electron chi connectivity index (χ2n) is 12.2. The van der Waals surface area contributed by atoms with Crippen LogP contribution < -0.4 is 5.56 Å². The summed E-state index contributed by atoms with van der Waals surface area (Å²) in [5.74, 6) is 0.736. The molecule has 1 amide bonds. The maximum absolute atomic E-state index is 14.0. The Kier molecular flexibility index (Phi) is 13.2. The van der Waals surface area contributed by atoms with Crippen LogP contribution in [0.3, 0.4) is 0 Å². The van der Waals surface area contributed by atoms with Crippen molar-refractivity contribution in [1.29, 1.82) is 0 Å². The third-order valence-electron chi connectivity index (χ3n) is 8.63. The van der Waals surface area contributed by atoms with Gasteiger partial charge in [-0.2, -0.15) is 0 Å². The normalized spacial score (nSPS) is 12.0. The first kappa shape index (κ1) is 33.2. The Morgan fingerprint density at radius 2 is 1.41 bits per heavy atom. The molecule has 234 valence electrons. The maximum Gasteiger partial charge on any atom is 0.266 e. The lowest BCUT2D eigenvalue weighted by atomic mass is 10.0. The third kappa shape index (κ3) is 9.14. The third-order valence-corrected chi connectivity index (χ3v) is 8.63. The monoisotopic (exact) mass is 593 g/mol. The molecule has 5 heteroatoms. The SMILES string of the molecule is CCCCCCCCCCCCCC(=O)N(Cc1ccccc1)C(CC)c1nc2ccccc2c(=O)n1-c1cccc(C)c1. The summed E-state index contributed by atoms with van der Waals surface area (Å²) in [7, 11) is 0. The highest BCUT2D eigenvalue weighted by Gasteiger charge is 2.29. The van der Waals surface area contributed by atoms with E-state index in [1.165, 1.54) is 57.8 Å². The van der Waals surface area contributed by atoms with Crippen molar-refractivity contribution in [2.45, 2.75) is 117 Å². The number of carbonyl (C=O) groups is 1. The smallest absolute Gasteiger partial charge is 0.266 e. The van der Waals surface area contributed by atoms with Crippen LogP contribution in [-0.4, -0.2) is 20.4 Å². The molecule has 1 aromatic heterocycles. The Bertz CT molecular complexity index is 1510. The number of hydrogen-bond donors (Lipinski definition) is 0. The summed E-state index contributed by atoms with van der Waals surface area (Å²) in [4.78, 5) is 35.1. The van der Waals surface area contributed by atoms with Gasteiger partial charge in [0.15, 0.2) is 0 Å². The molecule has 0 bridgehead atoms. The fourth-order valence-corrected chi connectivity index (χ4v) is 6.17. The molecule has 3 aromatic carbocycles. The minimum atomic E-state index is -0.353. The highest BCUT2D eigenvalue weighted by Crippen LogP contribution is 2.29. The van der Waals surface area contributed by atoms with Crippen LogP contribution in [0.25, 0.3) is 16.6 Å². The van der Waals surface area contributed by atoms with Gasteiger partial charge >= 0.3 is 0 Å². The first-order valence-electron chi connectivity index (χ1n) is 17.0. The molecule has 1 heterocycles. The average Bonchev–Trinajstić information content (AvgIpc) is 3.04. The molecule has 0 aliphatic heterocycles. The van der Waals surface area contributed by atoms with Crippen LogP contribution in [0.2, 0.25) is 0 Å². The van der Waals surface area contributed by atoms with E-state index in [1.54, 1.807) is 4.57 Å². The Balaban J connectivity index is 1.55. The van der Waals surface area contributed by atoms with Crippen molar-refractivity contribution in [2.75, 3.05) is 0 Å². The minimum absolute atomic E-state index is 0.105. The highest BCUT2D eigenvalue weighted by molar-refractivity contribution is 5.79. The molecule has 4 rings (SSSR count). The number of unbranched alkanes of at least 4 members (excludes halogenated alkanes) is 10. The topological polar surface area (TPSA) is 55.2 Å². The van der Waals surface area contributed by atoms with Gasteiger partial charge in [-0.3, -0.25) is 14.2 Å². The van der Waals surface area contributed by atoms with Crippen LogP contribution in [0, 0.1) is 6.92 Å². The van der Waals surface area contributed by atoms with Gasteiger partial charge in [0.2, 0.25) is 5.91 Å². The predicted octanol–water partition coefficient (Wildman–Crippen LogP) is 9.88. The van der Waals surface area contributed by atoms with Gasteiger partial charge in [0.1, 0.15) is 5.82 Å². The average molecular weight is 594 g/mol. The number of aryl methyl sites for hydroxylation is 1. The van der Waals surface area contributed by atoms with Crippen LogP contribution in [0.4, 0.5) is 0 Å². The van der Waals surface area contributed by atoms with Gasteiger partial charge in [0.05, 0.1) is 22.6 Å². The van der Waals surface area contributed by atoms with Crippen molar-refractivity contribution >= 4 is 16.8 Å². The van der Waals surface area contributed by atoms with Crippen molar-refractivity contribution in [3.8, 4) is 5.69 Å². The zero-order chi connectivity index (χ0) is 31.1. The van der Waals surface area contributed by atoms with E-state index in [2.05, 4.69) is 26.0 Å². The predicted molar refractivity (Wildman–Crippen MR) is 183 cm³/mol.